The van der Waals surface area contributed by atoms with Crippen LogP contribution >= 0.6 is 0 Å². The number of amides is 4. The number of carbonyl (C=O) groups is 4. The highest BCUT2D eigenvalue weighted by Gasteiger charge is 2.59. The molecular weight excluding hydrogens is 396 g/mol. The first kappa shape index (κ1) is 18.3. The summed E-state index contributed by atoms with van der Waals surface area (Å²) in [6.07, 6.45) is 2.71. The summed E-state index contributed by atoms with van der Waals surface area (Å²) in [5.41, 5.74) is 1.49. The molecule has 7 nitrogen and oxygen atoms in total. The highest BCUT2D eigenvalue weighted by molar-refractivity contribution is 6.08. The van der Waals surface area contributed by atoms with Crippen LogP contribution in [0.2, 0.25) is 0 Å². The molecule has 0 bridgehead atoms. The maximum Gasteiger partial charge on any atom is 0.231 e. The smallest absolute Gasteiger partial charge is 0.231 e. The quantitative estimate of drug-likeness (QED) is 0.484. The third-order valence-corrected chi connectivity index (χ3v) is 7.59. The van der Waals surface area contributed by atoms with Gasteiger partial charge in [-0.2, -0.15) is 0 Å². The van der Waals surface area contributed by atoms with Gasteiger partial charge in [-0.1, -0.05) is 42.0 Å². The van der Waals surface area contributed by atoms with Gasteiger partial charge >= 0.3 is 0 Å². The van der Waals surface area contributed by atoms with Gasteiger partial charge in [-0.05, 0) is 35.6 Å². The topological polar surface area (TPSA) is 113 Å². The number of benzene rings is 2. The van der Waals surface area contributed by atoms with Crippen molar-refractivity contribution in [2.45, 2.75) is 18.8 Å². The molecule has 4 aliphatic rings. The summed E-state index contributed by atoms with van der Waals surface area (Å²) in [4.78, 5) is 50.5. The number of fused-ring (bicyclic) bond motifs is 5. The van der Waals surface area contributed by atoms with E-state index < -0.39 is 29.6 Å². The van der Waals surface area contributed by atoms with Gasteiger partial charge in [0.15, 0.2) is 0 Å². The Morgan fingerprint density at radius 1 is 0.774 bits per heavy atom. The van der Waals surface area contributed by atoms with Crippen molar-refractivity contribution in [1.29, 1.82) is 0 Å². The van der Waals surface area contributed by atoms with Crippen molar-refractivity contribution in [1.82, 2.24) is 10.6 Å². The number of phenols is 1. The van der Waals surface area contributed by atoms with E-state index in [4.69, 9.17) is 0 Å². The molecule has 2 aromatic rings. The lowest BCUT2D eigenvalue weighted by molar-refractivity contribution is -0.128. The second kappa shape index (κ2) is 6.26. The molecule has 0 aromatic heterocycles. The van der Waals surface area contributed by atoms with Crippen molar-refractivity contribution in [2.75, 3.05) is 0 Å². The fourth-order valence-corrected chi connectivity index (χ4v) is 6.34. The average molecular weight is 416 g/mol. The van der Waals surface area contributed by atoms with Crippen molar-refractivity contribution in [3.05, 3.63) is 53.6 Å². The van der Waals surface area contributed by atoms with Crippen molar-refractivity contribution >= 4 is 34.4 Å². The molecule has 3 N–H and O–H groups in total. The van der Waals surface area contributed by atoms with E-state index in [1.54, 1.807) is 6.07 Å². The van der Waals surface area contributed by atoms with Gasteiger partial charge in [0.1, 0.15) is 5.75 Å². The van der Waals surface area contributed by atoms with E-state index in [1.165, 1.54) is 0 Å². The van der Waals surface area contributed by atoms with Crippen LogP contribution in [0, 0.1) is 29.6 Å². The van der Waals surface area contributed by atoms with Crippen LogP contribution in [0.15, 0.2) is 48.0 Å². The van der Waals surface area contributed by atoms with Crippen LogP contribution in [0.4, 0.5) is 0 Å². The van der Waals surface area contributed by atoms with E-state index in [1.807, 2.05) is 36.4 Å². The minimum Gasteiger partial charge on any atom is -0.508 e. The van der Waals surface area contributed by atoms with Crippen LogP contribution in [-0.4, -0.2) is 28.7 Å². The number of rotatable bonds is 1. The van der Waals surface area contributed by atoms with Gasteiger partial charge in [0.25, 0.3) is 0 Å². The number of phenolic OH excluding ortho intramolecular Hbond substituents is 1. The van der Waals surface area contributed by atoms with Gasteiger partial charge in [0, 0.05) is 11.5 Å². The third-order valence-electron chi connectivity index (χ3n) is 7.59. The average Bonchev–Trinajstić information content (AvgIpc) is 3.21. The van der Waals surface area contributed by atoms with Crippen LogP contribution in [0.3, 0.4) is 0 Å². The lowest BCUT2D eigenvalue weighted by Crippen LogP contribution is -2.43. The largest absolute Gasteiger partial charge is 0.508 e. The summed E-state index contributed by atoms with van der Waals surface area (Å²) in [5, 5.41) is 17.6. The zero-order valence-electron chi connectivity index (χ0n) is 16.5. The zero-order chi connectivity index (χ0) is 21.4. The molecule has 4 amide bonds. The molecule has 6 rings (SSSR count). The molecule has 7 heteroatoms. The number of aromatic hydroxyl groups is 1. The Morgan fingerprint density at radius 3 is 2.29 bits per heavy atom. The van der Waals surface area contributed by atoms with Gasteiger partial charge in [0.05, 0.1) is 23.7 Å². The molecule has 31 heavy (non-hydrogen) atoms. The minimum absolute atomic E-state index is 0.0604. The summed E-state index contributed by atoms with van der Waals surface area (Å²) < 4.78 is 0. The van der Waals surface area contributed by atoms with Crippen LogP contribution in [-0.2, 0) is 19.2 Å². The molecule has 156 valence electrons. The van der Waals surface area contributed by atoms with Crippen LogP contribution in [0.25, 0.3) is 10.8 Å². The standard InChI is InChI=1S/C24H20N2O5/c27-16-8-5-10-3-1-2-4-11(10)18(16)19-12-6-7-13-17(23(30)25-21(13)28)14(12)9-15-20(19)24(31)26-22(15)29/h1-6,8,13-15,17,19-20,27H,7,9H2,(H,25,28,30)(H,26,29,31)/t13-,14+,15+,17-,19+,20+/m0/s1. The third kappa shape index (κ3) is 2.40. The first-order chi connectivity index (χ1) is 15.0. The molecule has 1 saturated carbocycles. The molecule has 2 saturated heterocycles. The molecule has 2 aromatic carbocycles. The van der Waals surface area contributed by atoms with E-state index >= 15 is 0 Å². The van der Waals surface area contributed by atoms with E-state index in [9.17, 15) is 24.3 Å². The fraction of sp³-hybridized carbons (Fsp3) is 0.333. The molecule has 2 aliphatic carbocycles. The highest BCUT2D eigenvalue weighted by atomic mass is 16.3. The Labute approximate surface area is 177 Å². The Morgan fingerprint density at radius 2 is 1.48 bits per heavy atom. The van der Waals surface area contributed by atoms with Crippen LogP contribution in [0.5, 0.6) is 5.75 Å². The minimum atomic E-state index is -0.650. The summed E-state index contributed by atoms with van der Waals surface area (Å²) in [6, 6.07) is 11.0. The highest BCUT2D eigenvalue weighted by Crippen LogP contribution is 2.57. The summed E-state index contributed by atoms with van der Waals surface area (Å²) in [5.74, 6) is -4.31. The molecule has 6 atom stereocenters. The first-order valence-corrected chi connectivity index (χ1v) is 10.6. The van der Waals surface area contributed by atoms with E-state index in [2.05, 4.69) is 10.6 Å². The Bertz CT molecular complexity index is 1230. The monoisotopic (exact) mass is 416 g/mol. The maximum atomic E-state index is 12.9. The molecular formula is C24H20N2O5. The van der Waals surface area contributed by atoms with Crippen molar-refractivity contribution < 1.29 is 24.3 Å². The molecule has 0 spiro atoms. The Kier molecular flexibility index (Phi) is 3.70. The predicted octanol–water partition coefficient (Wildman–Crippen LogP) is 1.76. The van der Waals surface area contributed by atoms with Gasteiger partial charge < -0.3 is 5.11 Å². The van der Waals surface area contributed by atoms with Crippen LogP contribution < -0.4 is 10.6 Å². The van der Waals surface area contributed by atoms with E-state index in [0.717, 1.165) is 16.3 Å². The normalized spacial score (nSPS) is 34.0. The summed E-state index contributed by atoms with van der Waals surface area (Å²) in [6.45, 7) is 0. The lowest BCUT2D eigenvalue weighted by Gasteiger charge is -2.44. The molecule has 0 radical (unpaired) electrons. The number of nitrogens with one attached hydrogen (secondary N) is 2. The first-order valence-electron chi connectivity index (χ1n) is 10.6. The fourth-order valence-electron chi connectivity index (χ4n) is 6.34. The van der Waals surface area contributed by atoms with Gasteiger partial charge in [0.2, 0.25) is 23.6 Å². The molecule has 0 unspecified atom stereocenters. The summed E-state index contributed by atoms with van der Waals surface area (Å²) in [7, 11) is 0. The van der Waals surface area contributed by atoms with Crippen molar-refractivity contribution in [3.63, 3.8) is 0 Å². The van der Waals surface area contributed by atoms with Gasteiger partial charge in [-0.25, -0.2) is 0 Å². The lowest BCUT2D eigenvalue weighted by atomic mass is 9.56. The van der Waals surface area contributed by atoms with Crippen molar-refractivity contribution in [3.8, 4) is 5.75 Å². The second-order valence-electron chi connectivity index (χ2n) is 8.95. The maximum absolute atomic E-state index is 12.9. The summed E-state index contributed by atoms with van der Waals surface area (Å²) >= 11 is 0. The van der Waals surface area contributed by atoms with Crippen molar-refractivity contribution in [2.24, 2.45) is 29.6 Å². The van der Waals surface area contributed by atoms with Crippen LogP contribution in [0.1, 0.15) is 24.3 Å². The number of allylic oxidation sites excluding steroid dienone is 2. The van der Waals surface area contributed by atoms with Gasteiger partial charge in [-0.15, -0.1) is 0 Å². The molecule has 3 fully saturated rings. The number of hydrogen-bond acceptors (Lipinski definition) is 5. The molecule has 2 heterocycles. The Balaban J connectivity index is 1.60. The number of carbonyl (C=O) groups excluding carboxylic acids is 4. The Hall–Kier alpha value is -3.48. The van der Waals surface area contributed by atoms with E-state index in [0.29, 0.717) is 18.4 Å². The number of imide groups is 2. The number of hydrogen-bond donors (Lipinski definition) is 3. The molecule has 2 aliphatic heterocycles. The SMILES string of the molecule is O=C1NC(=O)[C@H]2CC=C3[C@@H](C[C@H]4C(=O)NC(=O)[C@H]4[C@H]3c3c(O)ccc4ccccc34)[C@@H]12. The van der Waals surface area contributed by atoms with Gasteiger partial charge in [-0.3, -0.25) is 29.8 Å². The second-order valence-corrected chi connectivity index (χ2v) is 8.95. The zero-order valence-corrected chi connectivity index (χ0v) is 16.5. The predicted molar refractivity (Wildman–Crippen MR) is 109 cm³/mol. The van der Waals surface area contributed by atoms with E-state index in [-0.39, 0.29) is 35.3 Å².